The Kier molecular flexibility index (Phi) is 10.5. The van der Waals surface area contributed by atoms with Gasteiger partial charge in [0.1, 0.15) is 29.8 Å². The summed E-state index contributed by atoms with van der Waals surface area (Å²) < 4.78 is 4.66. The van der Waals surface area contributed by atoms with Gasteiger partial charge in [-0.15, -0.1) is 11.8 Å². The zero-order valence-electron chi connectivity index (χ0n) is 18.6. The van der Waals surface area contributed by atoms with Crippen LogP contribution in [0.3, 0.4) is 0 Å². The number of benzene rings is 1. The van der Waals surface area contributed by atoms with Crippen molar-refractivity contribution in [1.82, 2.24) is 10.2 Å². The van der Waals surface area contributed by atoms with Crippen molar-refractivity contribution in [2.24, 2.45) is 11.5 Å². The number of rotatable bonds is 10. The van der Waals surface area contributed by atoms with Crippen LogP contribution in [0.1, 0.15) is 12.0 Å². The number of β-lactam (4-membered cyclic amide) rings is 1. The van der Waals surface area contributed by atoms with E-state index in [1.807, 2.05) is 0 Å². The molecule has 1 aromatic rings. The number of primary amides is 1. The van der Waals surface area contributed by atoms with Crippen molar-refractivity contribution in [3.63, 3.8) is 0 Å². The fraction of sp³-hybridized carbons (Fsp3) is 0.333. The molecular weight excluding hydrogens is 521 g/mol. The molecule has 0 aliphatic carbocycles. The van der Waals surface area contributed by atoms with Gasteiger partial charge in [0.05, 0.1) is 12.8 Å². The van der Waals surface area contributed by atoms with Gasteiger partial charge in [0.25, 0.3) is 5.91 Å². The van der Waals surface area contributed by atoms with Gasteiger partial charge in [0.2, 0.25) is 11.8 Å². The number of nitrogens with zero attached hydrogens (tertiary/aromatic N) is 1. The predicted molar refractivity (Wildman–Crippen MR) is 131 cm³/mol. The maximum absolute atomic E-state index is 12.6. The first-order chi connectivity index (χ1) is 17.0. The van der Waals surface area contributed by atoms with Crippen molar-refractivity contribution < 1.29 is 43.7 Å². The van der Waals surface area contributed by atoms with Gasteiger partial charge in [0.15, 0.2) is 0 Å². The second-order valence-electron chi connectivity index (χ2n) is 7.89. The molecule has 1 aromatic carbocycles. The molecule has 4 amide bonds. The first-order valence-electron chi connectivity index (χ1n) is 10.5. The zero-order chi connectivity index (χ0) is 26.6. The minimum atomic E-state index is -1.36. The van der Waals surface area contributed by atoms with Gasteiger partial charge in [-0.05, 0) is 17.7 Å². The summed E-state index contributed by atoms with van der Waals surface area (Å²) in [6, 6.07) is 3.96. The van der Waals surface area contributed by atoms with E-state index in [0.29, 0.717) is 11.3 Å². The average Bonchev–Trinajstić information content (AvgIpc) is 2.81. The third-order valence-electron chi connectivity index (χ3n) is 5.28. The third-order valence-corrected chi connectivity index (χ3v) is 6.62. The molecule has 3 atom stereocenters. The van der Waals surface area contributed by atoms with E-state index in [1.165, 1.54) is 23.9 Å². The Morgan fingerprint density at radius 1 is 1.14 bits per heavy atom. The SMILES string of the molecule is NC(=O)OCC1=C(C(=O)O)N2C(=O)[C@@H](NC(=O)Cc3ccc(NC(=O)C[C@@H](N)C(=O)O)cc3)[C@H]2SC1.[NaH]. The van der Waals surface area contributed by atoms with Crippen molar-refractivity contribution in [3.8, 4) is 0 Å². The molecule has 8 N–H and O–H groups in total. The number of amides is 4. The Balaban J connectivity index is 0.00000481. The number of fused-ring (bicyclic) bond motifs is 1. The molecule has 194 valence electrons. The minimum absolute atomic E-state index is 0. The van der Waals surface area contributed by atoms with Crippen molar-refractivity contribution in [2.75, 3.05) is 17.7 Å². The van der Waals surface area contributed by atoms with Crippen molar-refractivity contribution >= 4 is 82.8 Å². The Hall–Kier alpha value is -3.11. The fourth-order valence-electron chi connectivity index (χ4n) is 3.57. The Morgan fingerprint density at radius 3 is 2.35 bits per heavy atom. The summed E-state index contributed by atoms with van der Waals surface area (Å²) in [4.78, 5) is 71.3. The van der Waals surface area contributed by atoms with Gasteiger partial charge >= 0.3 is 47.6 Å². The van der Waals surface area contributed by atoms with Gasteiger partial charge in [0, 0.05) is 17.0 Å². The second kappa shape index (κ2) is 12.9. The monoisotopic (exact) mass is 545 g/mol. The number of aliphatic carboxylic acids is 2. The fourth-order valence-corrected chi connectivity index (χ4v) is 4.89. The van der Waals surface area contributed by atoms with Crippen LogP contribution in [-0.2, 0) is 35.1 Å². The van der Waals surface area contributed by atoms with E-state index in [1.54, 1.807) is 12.1 Å². The van der Waals surface area contributed by atoms with Crippen LogP contribution in [0.4, 0.5) is 10.5 Å². The van der Waals surface area contributed by atoms with E-state index in [4.69, 9.17) is 16.6 Å². The summed E-state index contributed by atoms with van der Waals surface area (Å²) in [7, 11) is 0. The molecule has 0 saturated carbocycles. The zero-order valence-corrected chi connectivity index (χ0v) is 19.4. The second-order valence-corrected chi connectivity index (χ2v) is 9.00. The van der Waals surface area contributed by atoms with E-state index in [9.17, 15) is 33.9 Å². The molecular formula is C21H24N5NaO9S. The Morgan fingerprint density at radius 2 is 1.78 bits per heavy atom. The summed E-state index contributed by atoms with van der Waals surface area (Å²) >= 11 is 1.22. The molecule has 0 radical (unpaired) electrons. The number of carboxylic acids is 2. The molecule has 1 fully saturated rings. The molecule has 14 nitrogen and oxygen atoms in total. The Bertz CT molecular complexity index is 1140. The summed E-state index contributed by atoms with van der Waals surface area (Å²) in [5.74, 6) is -4.14. The maximum atomic E-state index is 12.6. The molecule has 1 saturated heterocycles. The molecule has 0 aromatic heterocycles. The molecule has 0 unspecified atom stereocenters. The number of hydrogen-bond donors (Lipinski definition) is 6. The molecule has 2 heterocycles. The number of ether oxygens (including phenoxy) is 1. The standard InChI is InChI=1S/C21H23N5O9S.Na.H/c22-12(19(30)31)6-14(28)24-11-3-1-9(2-4-11)5-13(27)25-15-17(29)26-16(20(32)33)10(7-35-21(23)34)8-36-18(15)26;;/h1-4,12,15,18H,5-8,22H2,(H2,23,34)(H,24,28)(H,25,27)(H,30,31)(H,32,33);;/t12-,15-,18-;;/m1../s1. The average molecular weight is 546 g/mol. The number of carboxylic acid groups (broad SMARTS) is 2. The summed E-state index contributed by atoms with van der Waals surface area (Å²) in [6.45, 7) is -0.361. The summed E-state index contributed by atoms with van der Waals surface area (Å²) in [5, 5.41) is 22.8. The van der Waals surface area contributed by atoms with E-state index < -0.39 is 59.6 Å². The Labute approximate surface area is 236 Å². The third kappa shape index (κ3) is 7.45. The predicted octanol–water partition coefficient (Wildman–Crippen LogP) is -1.84. The number of nitrogens with one attached hydrogen (secondary N) is 2. The number of carbonyl (C=O) groups is 6. The van der Waals surface area contributed by atoms with E-state index in [-0.39, 0.29) is 59.6 Å². The van der Waals surface area contributed by atoms with Gasteiger partial charge in [-0.3, -0.25) is 24.1 Å². The van der Waals surface area contributed by atoms with Gasteiger partial charge in [-0.25, -0.2) is 9.59 Å². The van der Waals surface area contributed by atoms with Crippen LogP contribution in [-0.4, -0.2) is 110 Å². The first-order valence-corrected chi connectivity index (χ1v) is 11.5. The number of nitrogens with two attached hydrogens (primary N) is 2. The molecule has 0 bridgehead atoms. The van der Waals surface area contributed by atoms with E-state index in [2.05, 4.69) is 15.4 Å². The van der Waals surface area contributed by atoms with Gasteiger partial charge in [-0.2, -0.15) is 0 Å². The first kappa shape index (κ1) is 30.1. The van der Waals surface area contributed by atoms with Crippen LogP contribution in [0, 0.1) is 0 Å². The molecule has 0 spiro atoms. The number of anilines is 1. The molecule has 37 heavy (non-hydrogen) atoms. The number of hydrogen-bond acceptors (Lipinski definition) is 9. The van der Waals surface area contributed by atoms with Gasteiger partial charge in [-0.1, -0.05) is 12.1 Å². The van der Waals surface area contributed by atoms with Crippen LogP contribution in [0.2, 0.25) is 0 Å². The molecule has 2 aliphatic heterocycles. The number of carbonyl (C=O) groups excluding carboxylic acids is 4. The molecule has 2 aliphatic rings. The van der Waals surface area contributed by atoms with Crippen molar-refractivity contribution in [1.29, 1.82) is 0 Å². The van der Waals surface area contributed by atoms with Crippen LogP contribution in [0.15, 0.2) is 35.5 Å². The topological polar surface area (TPSA) is 231 Å². The van der Waals surface area contributed by atoms with E-state index >= 15 is 0 Å². The van der Waals surface area contributed by atoms with Crippen molar-refractivity contribution in [3.05, 3.63) is 41.1 Å². The van der Waals surface area contributed by atoms with Crippen LogP contribution >= 0.6 is 11.8 Å². The normalized spacial score (nSPS) is 18.9. The summed E-state index contributed by atoms with van der Waals surface area (Å²) in [6.07, 6.45) is -1.56. The van der Waals surface area contributed by atoms with Crippen LogP contribution in [0.25, 0.3) is 0 Å². The molecule has 16 heteroatoms. The van der Waals surface area contributed by atoms with Gasteiger partial charge < -0.3 is 37.1 Å². The number of thioether (sulfide) groups is 1. The summed E-state index contributed by atoms with van der Waals surface area (Å²) in [5.41, 5.74) is 11.1. The quantitative estimate of drug-likeness (QED) is 0.141. The van der Waals surface area contributed by atoms with E-state index in [0.717, 1.165) is 4.90 Å². The van der Waals surface area contributed by atoms with Crippen molar-refractivity contribution in [2.45, 2.75) is 30.3 Å². The van der Waals surface area contributed by atoms with Crippen LogP contribution in [0.5, 0.6) is 0 Å². The van der Waals surface area contributed by atoms with Crippen LogP contribution < -0.4 is 22.1 Å². The molecule has 3 rings (SSSR count).